The quantitative estimate of drug-likeness (QED) is 0.855. The zero-order valence-electron chi connectivity index (χ0n) is 11.6. The highest BCUT2D eigenvalue weighted by Crippen LogP contribution is 2.19. The SMILES string of the molecule is Cc1nc(CC(C)(C)OC(=O)NCC(=O)O)ccc1Br. The van der Waals surface area contributed by atoms with E-state index in [-0.39, 0.29) is 0 Å². The molecule has 6 nitrogen and oxygen atoms in total. The van der Waals surface area contributed by atoms with E-state index in [2.05, 4.69) is 26.2 Å². The minimum Gasteiger partial charge on any atom is -0.480 e. The average molecular weight is 345 g/mol. The number of amides is 1. The first-order chi connectivity index (χ1) is 9.19. The number of rotatable bonds is 5. The summed E-state index contributed by atoms with van der Waals surface area (Å²) >= 11 is 3.37. The normalized spacial score (nSPS) is 11.0. The third kappa shape index (κ3) is 5.56. The Bertz CT molecular complexity index is 517. The molecule has 1 amide bonds. The molecule has 0 aliphatic carbocycles. The summed E-state index contributed by atoms with van der Waals surface area (Å²) in [5.74, 6) is -1.12. The van der Waals surface area contributed by atoms with Gasteiger partial charge in [-0.05, 0) is 48.8 Å². The van der Waals surface area contributed by atoms with Crippen LogP contribution in [0.25, 0.3) is 0 Å². The molecular weight excluding hydrogens is 328 g/mol. The van der Waals surface area contributed by atoms with Gasteiger partial charge in [-0.15, -0.1) is 0 Å². The lowest BCUT2D eigenvalue weighted by Gasteiger charge is -2.24. The van der Waals surface area contributed by atoms with Crippen molar-refractivity contribution in [3.8, 4) is 0 Å². The van der Waals surface area contributed by atoms with Crippen LogP contribution < -0.4 is 5.32 Å². The van der Waals surface area contributed by atoms with Crippen LogP contribution in [0.2, 0.25) is 0 Å². The van der Waals surface area contributed by atoms with Crippen molar-refractivity contribution in [2.24, 2.45) is 0 Å². The number of hydrogen-bond donors (Lipinski definition) is 2. The highest BCUT2D eigenvalue weighted by atomic mass is 79.9. The summed E-state index contributed by atoms with van der Waals surface area (Å²) in [4.78, 5) is 26.2. The molecular formula is C13H17BrN2O4. The number of ether oxygens (including phenoxy) is 1. The Kier molecular flexibility index (Phi) is 5.50. The van der Waals surface area contributed by atoms with Crippen molar-refractivity contribution in [3.05, 3.63) is 28.0 Å². The summed E-state index contributed by atoms with van der Waals surface area (Å²) in [6.45, 7) is 4.89. The lowest BCUT2D eigenvalue weighted by Crippen LogP contribution is -2.38. The maximum Gasteiger partial charge on any atom is 0.408 e. The second-order valence-corrected chi connectivity index (χ2v) is 5.80. The smallest absolute Gasteiger partial charge is 0.408 e. The van der Waals surface area contributed by atoms with Crippen molar-refractivity contribution in [3.63, 3.8) is 0 Å². The molecule has 0 fully saturated rings. The first-order valence-electron chi connectivity index (χ1n) is 6.00. The van der Waals surface area contributed by atoms with E-state index < -0.39 is 24.2 Å². The van der Waals surface area contributed by atoms with Gasteiger partial charge < -0.3 is 15.2 Å². The molecule has 0 aliphatic heterocycles. The van der Waals surface area contributed by atoms with Crippen LogP contribution in [-0.4, -0.2) is 34.3 Å². The van der Waals surface area contributed by atoms with Crippen molar-refractivity contribution >= 4 is 28.0 Å². The minimum atomic E-state index is -1.12. The van der Waals surface area contributed by atoms with E-state index in [0.717, 1.165) is 15.9 Å². The van der Waals surface area contributed by atoms with Crippen molar-refractivity contribution in [1.29, 1.82) is 0 Å². The van der Waals surface area contributed by atoms with Crippen LogP contribution in [0, 0.1) is 6.92 Å². The maximum atomic E-state index is 11.4. The molecule has 7 heteroatoms. The fourth-order valence-corrected chi connectivity index (χ4v) is 1.82. The number of pyridine rings is 1. The van der Waals surface area contributed by atoms with Gasteiger partial charge in [-0.3, -0.25) is 9.78 Å². The summed E-state index contributed by atoms with van der Waals surface area (Å²) in [7, 11) is 0. The third-order valence-corrected chi connectivity index (χ3v) is 3.28. The van der Waals surface area contributed by atoms with Gasteiger partial charge in [0, 0.05) is 16.6 Å². The molecule has 0 atom stereocenters. The Morgan fingerprint density at radius 2 is 2.10 bits per heavy atom. The standard InChI is InChI=1S/C13H17BrN2O4/c1-8-10(14)5-4-9(16-8)6-13(2,3)20-12(19)15-7-11(17)18/h4-5H,6-7H2,1-3H3,(H,15,19)(H,17,18). The zero-order valence-corrected chi connectivity index (χ0v) is 13.2. The van der Waals surface area contributed by atoms with Gasteiger partial charge in [0.15, 0.2) is 0 Å². The number of aromatic nitrogens is 1. The summed E-state index contributed by atoms with van der Waals surface area (Å²) in [5, 5.41) is 10.6. The predicted molar refractivity (Wildman–Crippen MR) is 76.6 cm³/mol. The number of nitrogens with one attached hydrogen (secondary N) is 1. The minimum absolute atomic E-state index is 0.432. The van der Waals surface area contributed by atoms with Crippen molar-refractivity contribution < 1.29 is 19.4 Å². The van der Waals surface area contributed by atoms with E-state index in [4.69, 9.17) is 9.84 Å². The summed E-state index contributed by atoms with van der Waals surface area (Å²) in [5.41, 5.74) is 0.867. The number of carboxylic acid groups (broad SMARTS) is 1. The van der Waals surface area contributed by atoms with Gasteiger partial charge in [-0.2, -0.15) is 0 Å². The summed E-state index contributed by atoms with van der Waals surface area (Å²) in [6.07, 6.45) is -0.326. The van der Waals surface area contributed by atoms with Crippen molar-refractivity contribution in [1.82, 2.24) is 10.3 Å². The Morgan fingerprint density at radius 3 is 2.65 bits per heavy atom. The Morgan fingerprint density at radius 1 is 1.45 bits per heavy atom. The van der Waals surface area contributed by atoms with Gasteiger partial charge in [0.25, 0.3) is 0 Å². The van der Waals surface area contributed by atoms with Crippen molar-refractivity contribution in [2.75, 3.05) is 6.54 Å². The summed E-state index contributed by atoms with van der Waals surface area (Å²) in [6, 6.07) is 3.73. The molecule has 0 spiro atoms. The van der Waals surface area contributed by atoms with Gasteiger partial charge in [0.05, 0.1) is 5.69 Å². The number of hydrogen-bond acceptors (Lipinski definition) is 4. The topological polar surface area (TPSA) is 88.5 Å². The summed E-state index contributed by atoms with van der Waals surface area (Å²) < 4.78 is 6.11. The fraction of sp³-hybridized carbons (Fsp3) is 0.462. The van der Waals surface area contributed by atoms with Crippen LogP contribution >= 0.6 is 15.9 Å². The van der Waals surface area contributed by atoms with E-state index in [1.165, 1.54) is 0 Å². The molecule has 110 valence electrons. The fourth-order valence-electron chi connectivity index (χ4n) is 1.60. The monoisotopic (exact) mass is 344 g/mol. The average Bonchev–Trinajstić information content (AvgIpc) is 2.30. The number of aliphatic carboxylic acids is 1. The first kappa shape index (κ1) is 16.4. The van der Waals surface area contributed by atoms with Gasteiger partial charge in [0.1, 0.15) is 12.1 Å². The molecule has 0 bridgehead atoms. The number of alkyl carbamates (subject to hydrolysis) is 1. The van der Waals surface area contributed by atoms with E-state index >= 15 is 0 Å². The molecule has 0 saturated heterocycles. The number of halogens is 1. The van der Waals surface area contributed by atoms with Crippen LogP contribution in [-0.2, 0) is 16.0 Å². The molecule has 1 heterocycles. The number of carbonyl (C=O) groups excluding carboxylic acids is 1. The predicted octanol–water partition coefficient (Wildman–Crippen LogP) is 2.28. The number of carbonyl (C=O) groups is 2. The lowest BCUT2D eigenvalue weighted by molar-refractivity contribution is -0.136. The van der Waals surface area contributed by atoms with Crippen LogP contribution in [0.5, 0.6) is 0 Å². The molecule has 1 aromatic rings. The van der Waals surface area contributed by atoms with Gasteiger partial charge >= 0.3 is 12.1 Å². The Hall–Kier alpha value is -1.63. The molecule has 1 rings (SSSR count). The molecule has 0 radical (unpaired) electrons. The van der Waals surface area contributed by atoms with Crippen LogP contribution in [0.1, 0.15) is 25.2 Å². The third-order valence-electron chi connectivity index (χ3n) is 2.44. The molecule has 0 aromatic carbocycles. The molecule has 0 aliphatic rings. The van der Waals surface area contributed by atoms with E-state index in [9.17, 15) is 9.59 Å². The number of nitrogens with zero attached hydrogens (tertiary/aromatic N) is 1. The highest BCUT2D eigenvalue weighted by molar-refractivity contribution is 9.10. The lowest BCUT2D eigenvalue weighted by atomic mass is 10.0. The second-order valence-electron chi connectivity index (χ2n) is 4.94. The highest BCUT2D eigenvalue weighted by Gasteiger charge is 2.24. The second kappa shape index (κ2) is 6.69. The van der Waals surface area contributed by atoms with Crippen molar-refractivity contribution in [2.45, 2.75) is 32.8 Å². The largest absolute Gasteiger partial charge is 0.480 e. The van der Waals surface area contributed by atoms with Crippen LogP contribution in [0.3, 0.4) is 0 Å². The Balaban J connectivity index is 2.62. The maximum absolute atomic E-state index is 11.4. The molecule has 2 N–H and O–H groups in total. The van der Waals surface area contributed by atoms with E-state index in [1.54, 1.807) is 13.8 Å². The van der Waals surface area contributed by atoms with Crippen LogP contribution in [0.4, 0.5) is 4.79 Å². The molecule has 1 aromatic heterocycles. The number of aryl methyl sites for hydroxylation is 1. The van der Waals surface area contributed by atoms with Crippen LogP contribution in [0.15, 0.2) is 16.6 Å². The van der Waals surface area contributed by atoms with Gasteiger partial charge in [-0.1, -0.05) is 0 Å². The Labute approximate surface area is 125 Å². The zero-order chi connectivity index (χ0) is 15.3. The molecule has 0 unspecified atom stereocenters. The number of carboxylic acids is 1. The van der Waals surface area contributed by atoms with Gasteiger partial charge in [-0.25, -0.2) is 4.79 Å². The van der Waals surface area contributed by atoms with Gasteiger partial charge in [0.2, 0.25) is 0 Å². The first-order valence-corrected chi connectivity index (χ1v) is 6.79. The van der Waals surface area contributed by atoms with E-state index in [0.29, 0.717) is 6.42 Å². The molecule has 0 saturated carbocycles. The van der Waals surface area contributed by atoms with E-state index in [1.807, 2.05) is 19.1 Å². The molecule has 20 heavy (non-hydrogen) atoms.